The van der Waals surface area contributed by atoms with Crippen molar-refractivity contribution >= 4 is 50.3 Å². The maximum atomic E-state index is 11.6. The fourth-order valence-electron chi connectivity index (χ4n) is 2.61. The number of hydrogen-bond donors (Lipinski definition) is 1. The van der Waals surface area contributed by atoms with Gasteiger partial charge in [-0.3, -0.25) is 14.9 Å². The minimum atomic E-state index is -0.512. The number of carbonyl (C=O) groups is 1. The summed E-state index contributed by atoms with van der Waals surface area (Å²) in [5, 5.41) is 22.4. The molecule has 0 fully saturated rings. The Labute approximate surface area is 177 Å². The van der Waals surface area contributed by atoms with Crippen LogP contribution in [0, 0.1) is 17.0 Å². The molecule has 9 nitrogen and oxygen atoms in total. The zero-order chi connectivity index (χ0) is 21.7. The van der Waals surface area contributed by atoms with Crippen LogP contribution in [0.2, 0.25) is 0 Å². The van der Waals surface area contributed by atoms with E-state index in [-0.39, 0.29) is 17.3 Å². The summed E-state index contributed by atoms with van der Waals surface area (Å²) in [6, 6.07) is 6.51. The fraction of sp³-hybridized carbons (Fsp3) is 0.316. The summed E-state index contributed by atoms with van der Waals surface area (Å²) in [5.74, 6) is 0.274. The van der Waals surface area contributed by atoms with Crippen LogP contribution >= 0.6 is 15.9 Å². The standard InChI is InChI=1S/C19H22BrN5O4/c1-6-29-18-10-15(14(21-12(3)26)9-16(18)24(4)5)22-23-19-13(20)7-11(2)8-17(19)25(27)28/h7-10H,6H2,1-5H3,(H,21,26). The number of carbonyl (C=O) groups excluding carboxylic acids is 1. The Morgan fingerprint density at radius 2 is 1.97 bits per heavy atom. The molecule has 0 aromatic heterocycles. The Kier molecular flexibility index (Phi) is 7.27. The molecule has 0 aliphatic rings. The number of azo groups is 1. The summed E-state index contributed by atoms with van der Waals surface area (Å²) < 4.78 is 6.13. The first-order valence-corrected chi connectivity index (χ1v) is 9.55. The number of nitro groups is 1. The van der Waals surface area contributed by atoms with Gasteiger partial charge in [-0.25, -0.2) is 0 Å². The van der Waals surface area contributed by atoms with Gasteiger partial charge in [-0.15, -0.1) is 10.2 Å². The zero-order valence-electron chi connectivity index (χ0n) is 16.8. The van der Waals surface area contributed by atoms with E-state index < -0.39 is 4.92 Å². The van der Waals surface area contributed by atoms with E-state index in [1.807, 2.05) is 25.9 Å². The van der Waals surface area contributed by atoms with Crippen LogP contribution in [0.3, 0.4) is 0 Å². The van der Waals surface area contributed by atoms with Crippen LogP contribution in [0.25, 0.3) is 0 Å². The third-order valence-corrected chi connectivity index (χ3v) is 4.42. The van der Waals surface area contributed by atoms with Gasteiger partial charge in [0.05, 0.1) is 27.4 Å². The SMILES string of the molecule is CCOc1cc(N=Nc2c(Br)cc(C)cc2[N+](=O)[O-])c(NC(C)=O)cc1N(C)C. The second-order valence-electron chi connectivity index (χ2n) is 6.42. The van der Waals surface area contributed by atoms with E-state index in [9.17, 15) is 14.9 Å². The molecule has 2 aromatic carbocycles. The molecule has 0 unspecified atom stereocenters. The summed E-state index contributed by atoms with van der Waals surface area (Å²) in [4.78, 5) is 24.4. The first kappa shape index (κ1) is 22.3. The van der Waals surface area contributed by atoms with E-state index in [4.69, 9.17) is 4.74 Å². The lowest BCUT2D eigenvalue weighted by Gasteiger charge is -2.19. The van der Waals surface area contributed by atoms with Gasteiger partial charge in [-0.2, -0.15) is 0 Å². The maximum absolute atomic E-state index is 11.6. The van der Waals surface area contributed by atoms with Gasteiger partial charge in [0, 0.05) is 33.2 Å². The lowest BCUT2D eigenvalue weighted by molar-refractivity contribution is -0.384. The molecule has 0 saturated carbocycles. The van der Waals surface area contributed by atoms with Gasteiger partial charge >= 0.3 is 0 Å². The molecule has 2 aromatic rings. The van der Waals surface area contributed by atoms with Crippen molar-refractivity contribution < 1.29 is 14.5 Å². The molecule has 154 valence electrons. The average molecular weight is 464 g/mol. The molecule has 0 aliphatic heterocycles. The molecule has 0 atom stereocenters. The van der Waals surface area contributed by atoms with Gasteiger partial charge in [0.15, 0.2) is 5.69 Å². The minimum Gasteiger partial charge on any atom is -0.492 e. The third kappa shape index (κ3) is 5.50. The number of nitrogens with one attached hydrogen (secondary N) is 1. The Balaban J connectivity index is 2.63. The van der Waals surface area contributed by atoms with E-state index in [1.165, 1.54) is 13.0 Å². The Bertz CT molecular complexity index is 976. The number of rotatable bonds is 7. The van der Waals surface area contributed by atoms with E-state index in [2.05, 4.69) is 31.5 Å². The largest absolute Gasteiger partial charge is 0.492 e. The molecular formula is C19H22BrN5O4. The van der Waals surface area contributed by atoms with Crippen molar-refractivity contribution in [3.63, 3.8) is 0 Å². The monoisotopic (exact) mass is 463 g/mol. The lowest BCUT2D eigenvalue weighted by atomic mass is 10.2. The van der Waals surface area contributed by atoms with Gasteiger partial charge in [0.25, 0.3) is 5.69 Å². The second kappa shape index (κ2) is 9.46. The van der Waals surface area contributed by atoms with Gasteiger partial charge in [-0.1, -0.05) is 0 Å². The van der Waals surface area contributed by atoms with Crippen molar-refractivity contribution in [3.8, 4) is 5.75 Å². The predicted molar refractivity (Wildman–Crippen MR) is 116 cm³/mol. The van der Waals surface area contributed by atoms with Crippen LogP contribution in [0.1, 0.15) is 19.4 Å². The molecule has 1 amide bonds. The van der Waals surface area contributed by atoms with Crippen molar-refractivity contribution in [2.75, 3.05) is 30.9 Å². The average Bonchev–Trinajstić information content (AvgIpc) is 2.61. The highest BCUT2D eigenvalue weighted by Gasteiger charge is 2.19. The van der Waals surface area contributed by atoms with Crippen LogP contribution in [-0.4, -0.2) is 31.5 Å². The molecule has 0 aliphatic carbocycles. The van der Waals surface area contributed by atoms with E-state index in [0.717, 1.165) is 11.3 Å². The van der Waals surface area contributed by atoms with Crippen LogP contribution in [-0.2, 0) is 4.79 Å². The first-order valence-electron chi connectivity index (χ1n) is 8.76. The fourth-order valence-corrected chi connectivity index (χ4v) is 3.25. The summed E-state index contributed by atoms with van der Waals surface area (Å²) in [5.41, 5.74) is 2.11. The Morgan fingerprint density at radius 1 is 1.28 bits per heavy atom. The quantitative estimate of drug-likeness (QED) is 0.330. The molecule has 0 bridgehead atoms. The molecule has 1 N–H and O–H groups in total. The first-order chi connectivity index (χ1) is 13.6. The number of halogens is 1. The number of anilines is 2. The van der Waals surface area contributed by atoms with Crippen molar-refractivity contribution in [2.45, 2.75) is 20.8 Å². The molecule has 0 radical (unpaired) electrons. The lowest BCUT2D eigenvalue weighted by Crippen LogP contribution is -2.13. The van der Waals surface area contributed by atoms with Crippen molar-refractivity contribution in [3.05, 3.63) is 44.4 Å². The molecule has 0 heterocycles. The molecule has 0 spiro atoms. The van der Waals surface area contributed by atoms with Gasteiger partial charge in [0.2, 0.25) is 5.91 Å². The van der Waals surface area contributed by atoms with Crippen molar-refractivity contribution in [2.24, 2.45) is 10.2 Å². The Hall–Kier alpha value is -3.01. The summed E-state index contributed by atoms with van der Waals surface area (Å²) in [6.45, 7) is 5.43. The smallest absolute Gasteiger partial charge is 0.298 e. The minimum absolute atomic E-state index is 0.0871. The molecule has 2 rings (SSSR count). The highest BCUT2D eigenvalue weighted by molar-refractivity contribution is 9.10. The van der Waals surface area contributed by atoms with Crippen LogP contribution in [0.15, 0.2) is 39.0 Å². The highest BCUT2D eigenvalue weighted by Crippen LogP contribution is 2.41. The van der Waals surface area contributed by atoms with Gasteiger partial charge in [-0.05, 0) is 47.5 Å². The number of nitro benzene ring substituents is 1. The van der Waals surface area contributed by atoms with Crippen molar-refractivity contribution in [1.82, 2.24) is 0 Å². The number of amides is 1. The van der Waals surface area contributed by atoms with E-state index in [1.54, 1.807) is 25.1 Å². The predicted octanol–water partition coefficient (Wildman–Crippen LogP) is 5.50. The van der Waals surface area contributed by atoms with Crippen LogP contribution in [0.4, 0.5) is 28.4 Å². The number of hydrogen-bond acceptors (Lipinski definition) is 7. The van der Waals surface area contributed by atoms with Gasteiger partial charge < -0.3 is 15.0 Å². The number of nitrogens with zero attached hydrogens (tertiary/aromatic N) is 4. The maximum Gasteiger partial charge on any atom is 0.298 e. The van der Waals surface area contributed by atoms with E-state index in [0.29, 0.717) is 28.2 Å². The summed E-state index contributed by atoms with van der Waals surface area (Å²) in [7, 11) is 3.70. The molecule has 0 saturated heterocycles. The third-order valence-electron chi connectivity index (χ3n) is 3.81. The Morgan fingerprint density at radius 3 is 2.52 bits per heavy atom. The molecule has 29 heavy (non-hydrogen) atoms. The highest BCUT2D eigenvalue weighted by atomic mass is 79.9. The second-order valence-corrected chi connectivity index (χ2v) is 7.27. The number of aryl methyl sites for hydroxylation is 1. The zero-order valence-corrected chi connectivity index (χ0v) is 18.4. The number of ether oxygens (including phenoxy) is 1. The topological polar surface area (TPSA) is 109 Å². The van der Waals surface area contributed by atoms with E-state index >= 15 is 0 Å². The number of benzene rings is 2. The van der Waals surface area contributed by atoms with Crippen molar-refractivity contribution in [1.29, 1.82) is 0 Å². The summed E-state index contributed by atoms with van der Waals surface area (Å²) >= 11 is 3.31. The van der Waals surface area contributed by atoms with Gasteiger partial charge in [0.1, 0.15) is 11.4 Å². The molecular weight excluding hydrogens is 442 g/mol. The van der Waals surface area contributed by atoms with Crippen LogP contribution in [0.5, 0.6) is 5.75 Å². The summed E-state index contributed by atoms with van der Waals surface area (Å²) in [6.07, 6.45) is 0. The normalized spacial score (nSPS) is 10.8. The van der Waals surface area contributed by atoms with Crippen LogP contribution < -0.4 is 15.0 Å². The molecule has 10 heteroatoms.